The van der Waals surface area contributed by atoms with Crippen LogP contribution in [-0.4, -0.2) is 13.7 Å². The van der Waals surface area contributed by atoms with E-state index >= 15 is 0 Å². The summed E-state index contributed by atoms with van der Waals surface area (Å²) in [5, 5.41) is 0.836. The Morgan fingerprint density at radius 2 is 2.07 bits per heavy atom. The van der Waals surface area contributed by atoms with E-state index in [4.69, 9.17) is 22.1 Å². The molecular formula is C12H18ClNO. The van der Waals surface area contributed by atoms with Crippen LogP contribution in [0.5, 0.6) is 5.75 Å². The van der Waals surface area contributed by atoms with Crippen LogP contribution in [-0.2, 0) is 6.42 Å². The van der Waals surface area contributed by atoms with Gasteiger partial charge in [-0.05, 0) is 56.0 Å². The van der Waals surface area contributed by atoms with Crippen LogP contribution in [0.1, 0.15) is 23.1 Å². The maximum atomic E-state index is 6.20. The lowest BCUT2D eigenvalue weighted by Crippen LogP contribution is -2.04. The van der Waals surface area contributed by atoms with E-state index in [-0.39, 0.29) is 0 Å². The predicted octanol–water partition coefficient (Wildman–Crippen LogP) is 2.86. The highest BCUT2D eigenvalue weighted by molar-refractivity contribution is 6.32. The minimum Gasteiger partial charge on any atom is -0.496 e. The van der Waals surface area contributed by atoms with E-state index in [1.54, 1.807) is 7.11 Å². The summed E-state index contributed by atoms with van der Waals surface area (Å²) in [5.41, 5.74) is 8.86. The van der Waals surface area contributed by atoms with E-state index in [1.807, 2.05) is 19.9 Å². The molecule has 0 amide bonds. The molecule has 0 aromatic heterocycles. The molecule has 0 unspecified atom stereocenters. The number of ether oxygens (including phenoxy) is 1. The molecule has 1 aromatic rings. The largest absolute Gasteiger partial charge is 0.496 e. The molecule has 2 nitrogen and oxygen atoms in total. The molecule has 1 rings (SSSR count). The molecule has 2 N–H and O–H groups in total. The van der Waals surface area contributed by atoms with Crippen LogP contribution in [0.25, 0.3) is 0 Å². The molecule has 84 valence electrons. The first-order chi connectivity index (χ1) is 7.11. The zero-order valence-electron chi connectivity index (χ0n) is 9.56. The summed E-state index contributed by atoms with van der Waals surface area (Å²) in [6.45, 7) is 4.71. The zero-order valence-corrected chi connectivity index (χ0v) is 10.3. The maximum Gasteiger partial charge on any atom is 0.122 e. The highest BCUT2D eigenvalue weighted by atomic mass is 35.5. The minimum absolute atomic E-state index is 0.689. The van der Waals surface area contributed by atoms with Gasteiger partial charge in [0, 0.05) is 5.02 Å². The molecular weight excluding hydrogens is 210 g/mol. The fourth-order valence-electron chi connectivity index (χ4n) is 1.73. The van der Waals surface area contributed by atoms with E-state index in [1.165, 1.54) is 5.56 Å². The van der Waals surface area contributed by atoms with Crippen molar-refractivity contribution >= 4 is 11.6 Å². The van der Waals surface area contributed by atoms with E-state index in [0.29, 0.717) is 6.54 Å². The number of nitrogens with two attached hydrogens (primary N) is 1. The molecule has 0 spiro atoms. The Hall–Kier alpha value is -0.730. The van der Waals surface area contributed by atoms with Crippen molar-refractivity contribution < 1.29 is 4.74 Å². The first-order valence-corrected chi connectivity index (χ1v) is 5.52. The third-order valence-corrected chi connectivity index (χ3v) is 3.21. The van der Waals surface area contributed by atoms with Gasteiger partial charge in [-0.1, -0.05) is 11.6 Å². The topological polar surface area (TPSA) is 35.2 Å². The summed E-state index contributed by atoms with van der Waals surface area (Å²) >= 11 is 6.20. The quantitative estimate of drug-likeness (QED) is 0.859. The van der Waals surface area contributed by atoms with Gasteiger partial charge in [0.05, 0.1) is 7.11 Å². The van der Waals surface area contributed by atoms with Crippen molar-refractivity contribution in [1.29, 1.82) is 0 Å². The van der Waals surface area contributed by atoms with Gasteiger partial charge in [-0.15, -0.1) is 0 Å². The second-order valence-electron chi connectivity index (χ2n) is 3.71. The summed E-state index contributed by atoms with van der Waals surface area (Å²) in [6, 6.07) is 1.99. The van der Waals surface area contributed by atoms with E-state index in [9.17, 15) is 0 Å². The van der Waals surface area contributed by atoms with E-state index in [2.05, 4.69) is 0 Å². The van der Waals surface area contributed by atoms with E-state index < -0.39 is 0 Å². The number of methoxy groups -OCH3 is 1. The first-order valence-electron chi connectivity index (χ1n) is 5.14. The van der Waals surface area contributed by atoms with Crippen LogP contribution >= 0.6 is 11.6 Å². The van der Waals surface area contributed by atoms with Gasteiger partial charge in [-0.3, -0.25) is 0 Å². The van der Waals surface area contributed by atoms with Crippen molar-refractivity contribution in [2.75, 3.05) is 13.7 Å². The molecule has 0 aliphatic heterocycles. The van der Waals surface area contributed by atoms with Crippen molar-refractivity contribution in [2.24, 2.45) is 5.73 Å². The van der Waals surface area contributed by atoms with Crippen LogP contribution in [0.2, 0.25) is 5.02 Å². The number of aryl methyl sites for hydroxylation is 1. The lowest BCUT2D eigenvalue weighted by Gasteiger charge is -2.14. The first kappa shape index (κ1) is 12.3. The van der Waals surface area contributed by atoms with Crippen molar-refractivity contribution in [3.8, 4) is 5.75 Å². The second-order valence-corrected chi connectivity index (χ2v) is 4.08. The molecule has 15 heavy (non-hydrogen) atoms. The predicted molar refractivity (Wildman–Crippen MR) is 64.9 cm³/mol. The lowest BCUT2D eigenvalue weighted by atomic mass is 10.00. The van der Waals surface area contributed by atoms with E-state index in [0.717, 1.165) is 34.7 Å². The smallest absolute Gasteiger partial charge is 0.122 e. The Kier molecular flexibility index (Phi) is 4.43. The Labute approximate surface area is 96.4 Å². The van der Waals surface area contributed by atoms with Crippen molar-refractivity contribution in [1.82, 2.24) is 0 Å². The molecule has 3 heteroatoms. The van der Waals surface area contributed by atoms with Gasteiger partial charge in [0.1, 0.15) is 5.75 Å². The van der Waals surface area contributed by atoms with Crippen molar-refractivity contribution in [3.63, 3.8) is 0 Å². The highest BCUT2D eigenvalue weighted by Gasteiger charge is 2.11. The maximum absolute atomic E-state index is 6.20. The fraction of sp³-hybridized carbons (Fsp3) is 0.500. The standard InChI is InChI=1S/C12H18ClNO/c1-8-7-11(15-3)10(5-4-6-14)9(2)12(8)13/h7H,4-6,14H2,1-3H3. The number of halogens is 1. The normalized spacial score (nSPS) is 10.5. The van der Waals surface area contributed by atoms with Gasteiger partial charge >= 0.3 is 0 Å². The van der Waals surface area contributed by atoms with Gasteiger partial charge in [-0.2, -0.15) is 0 Å². The Morgan fingerprint density at radius 3 is 2.60 bits per heavy atom. The van der Waals surface area contributed by atoms with Crippen LogP contribution in [0.4, 0.5) is 0 Å². The second kappa shape index (κ2) is 5.38. The third-order valence-electron chi connectivity index (χ3n) is 2.62. The zero-order chi connectivity index (χ0) is 11.4. The highest BCUT2D eigenvalue weighted by Crippen LogP contribution is 2.32. The number of rotatable bonds is 4. The van der Waals surface area contributed by atoms with Crippen LogP contribution in [0.3, 0.4) is 0 Å². The summed E-state index contributed by atoms with van der Waals surface area (Å²) < 4.78 is 5.36. The molecule has 0 atom stereocenters. The van der Waals surface area contributed by atoms with Crippen LogP contribution in [0, 0.1) is 13.8 Å². The SMILES string of the molecule is COc1cc(C)c(Cl)c(C)c1CCCN. The fourth-order valence-corrected chi connectivity index (χ4v) is 1.90. The molecule has 0 saturated heterocycles. The Morgan fingerprint density at radius 1 is 1.40 bits per heavy atom. The molecule has 0 aliphatic carbocycles. The molecule has 1 aromatic carbocycles. The molecule has 0 heterocycles. The monoisotopic (exact) mass is 227 g/mol. The van der Waals surface area contributed by atoms with Gasteiger partial charge in [0.15, 0.2) is 0 Å². The summed E-state index contributed by atoms with van der Waals surface area (Å²) in [5.74, 6) is 0.919. The molecule has 0 fully saturated rings. The summed E-state index contributed by atoms with van der Waals surface area (Å²) in [4.78, 5) is 0. The van der Waals surface area contributed by atoms with Gasteiger partial charge in [0.2, 0.25) is 0 Å². The van der Waals surface area contributed by atoms with Crippen LogP contribution < -0.4 is 10.5 Å². The average molecular weight is 228 g/mol. The molecule has 0 radical (unpaired) electrons. The Bertz CT molecular complexity index is 350. The van der Waals surface area contributed by atoms with Crippen LogP contribution in [0.15, 0.2) is 6.07 Å². The van der Waals surface area contributed by atoms with Crippen molar-refractivity contribution in [2.45, 2.75) is 26.7 Å². The number of hydrogen-bond acceptors (Lipinski definition) is 2. The number of hydrogen-bond donors (Lipinski definition) is 1. The lowest BCUT2D eigenvalue weighted by molar-refractivity contribution is 0.408. The van der Waals surface area contributed by atoms with Gasteiger partial charge in [0.25, 0.3) is 0 Å². The average Bonchev–Trinajstić information content (AvgIpc) is 2.24. The summed E-state index contributed by atoms with van der Waals surface area (Å²) in [7, 11) is 1.69. The Balaban J connectivity index is 3.15. The molecule has 0 saturated carbocycles. The van der Waals surface area contributed by atoms with Gasteiger partial charge < -0.3 is 10.5 Å². The molecule has 0 aliphatic rings. The molecule has 0 bridgehead atoms. The number of benzene rings is 1. The van der Waals surface area contributed by atoms with Crippen molar-refractivity contribution in [3.05, 3.63) is 27.8 Å². The summed E-state index contributed by atoms with van der Waals surface area (Å²) in [6.07, 6.45) is 1.88. The minimum atomic E-state index is 0.689. The van der Waals surface area contributed by atoms with Gasteiger partial charge in [-0.25, -0.2) is 0 Å². The third kappa shape index (κ3) is 2.64.